The van der Waals surface area contributed by atoms with Crippen LogP contribution in [-0.4, -0.2) is 12.6 Å². The van der Waals surface area contributed by atoms with E-state index in [1.54, 1.807) is 0 Å². The van der Waals surface area contributed by atoms with Crippen LogP contribution in [0.5, 0.6) is 0 Å². The lowest BCUT2D eigenvalue weighted by atomic mass is 9.99. The summed E-state index contributed by atoms with van der Waals surface area (Å²) >= 11 is 0. The molecule has 0 bridgehead atoms. The average Bonchev–Trinajstić information content (AvgIpc) is 2.96. The molecule has 0 spiro atoms. The van der Waals surface area contributed by atoms with Crippen LogP contribution in [-0.2, 0) is 9.53 Å². The quantitative estimate of drug-likeness (QED) is 0.0574. The van der Waals surface area contributed by atoms with Crippen molar-refractivity contribution in [1.82, 2.24) is 0 Å². The van der Waals surface area contributed by atoms with Crippen LogP contribution in [0.2, 0.25) is 0 Å². The van der Waals surface area contributed by atoms with E-state index in [1.807, 2.05) is 0 Å². The summed E-state index contributed by atoms with van der Waals surface area (Å²) in [6.07, 6.45) is 43.1. The summed E-state index contributed by atoms with van der Waals surface area (Å²) in [6, 6.07) is 0. The third-order valence-corrected chi connectivity index (χ3v) is 9.04. The molecule has 0 saturated carbocycles. The van der Waals surface area contributed by atoms with Crippen LogP contribution in [0.1, 0.15) is 226 Å². The number of carbonyl (C=O) groups excluding carboxylic acids is 1. The molecule has 0 fully saturated rings. The summed E-state index contributed by atoms with van der Waals surface area (Å²) in [5.74, 6) is 0.960. The summed E-state index contributed by atoms with van der Waals surface area (Å²) in [5, 5.41) is 0. The van der Waals surface area contributed by atoms with Gasteiger partial charge in [-0.25, -0.2) is 0 Å². The molecule has 0 amide bonds. The van der Waals surface area contributed by atoms with Crippen molar-refractivity contribution in [3.8, 4) is 0 Å². The van der Waals surface area contributed by atoms with Gasteiger partial charge in [0.1, 0.15) is 0 Å². The first-order valence-corrected chi connectivity index (χ1v) is 18.9. The fraction of sp³-hybridized carbons (Fsp3) is 0.974. The molecule has 40 heavy (non-hydrogen) atoms. The van der Waals surface area contributed by atoms with Gasteiger partial charge in [-0.3, -0.25) is 4.79 Å². The molecular weight excluding hydrogens is 488 g/mol. The molecule has 2 nitrogen and oxygen atoms in total. The highest BCUT2D eigenvalue weighted by Crippen LogP contribution is 2.17. The van der Waals surface area contributed by atoms with Crippen LogP contribution in [0, 0.1) is 5.92 Å². The zero-order chi connectivity index (χ0) is 29.2. The molecule has 2 heteroatoms. The normalized spacial score (nSPS) is 12.2. The lowest BCUT2D eigenvalue weighted by molar-refractivity contribution is -0.143. The molecule has 0 saturated heterocycles. The van der Waals surface area contributed by atoms with Crippen molar-refractivity contribution >= 4 is 5.97 Å². The molecule has 0 aromatic heterocycles. The fourth-order valence-electron chi connectivity index (χ4n) is 5.82. The smallest absolute Gasteiger partial charge is 0.305 e. The Morgan fingerprint density at radius 2 is 0.775 bits per heavy atom. The van der Waals surface area contributed by atoms with Crippen LogP contribution in [0.3, 0.4) is 0 Å². The molecule has 0 rings (SSSR count). The first-order valence-electron chi connectivity index (χ1n) is 18.9. The van der Waals surface area contributed by atoms with Gasteiger partial charge in [0.25, 0.3) is 0 Å². The van der Waals surface area contributed by atoms with Gasteiger partial charge in [0, 0.05) is 6.42 Å². The van der Waals surface area contributed by atoms with Gasteiger partial charge in [-0.05, 0) is 18.8 Å². The zero-order valence-electron chi connectivity index (χ0n) is 28.2. The Balaban J connectivity index is 3.13. The maximum absolute atomic E-state index is 11.9. The predicted molar refractivity (Wildman–Crippen MR) is 179 cm³/mol. The van der Waals surface area contributed by atoms with Crippen molar-refractivity contribution in [1.29, 1.82) is 0 Å². The van der Waals surface area contributed by atoms with Gasteiger partial charge >= 0.3 is 5.97 Å². The molecule has 0 N–H and O–H groups in total. The maximum Gasteiger partial charge on any atom is 0.305 e. The summed E-state index contributed by atoms with van der Waals surface area (Å²) in [5.41, 5.74) is 0. The van der Waals surface area contributed by atoms with E-state index < -0.39 is 0 Å². The molecule has 240 valence electrons. The Hall–Kier alpha value is -0.530. The highest BCUT2D eigenvalue weighted by atomic mass is 16.5. The van der Waals surface area contributed by atoms with Crippen molar-refractivity contribution in [2.75, 3.05) is 6.61 Å². The standard InChI is InChI=1S/C38H76O2/c1-4-6-7-8-9-22-26-29-32-35-38(39)40-36-33-30-27-24-21-19-17-15-13-11-10-12-14-16-18-20-23-25-28-31-34-37(3)5-2/h37H,4-36H2,1-3H3. The van der Waals surface area contributed by atoms with Gasteiger partial charge in [0.2, 0.25) is 0 Å². The minimum Gasteiger partial charge on any atom is -0.466 e. The number of ether oxygens (including phenoxy) is 1. The minimum absolute atomic E-state index is 0.0245. The van der Waals surface area contributed by atoms with Crippen molar-refractivity contribution in [2.24, 2.45) is 5.92 Å². The van der Waals surface area contributed by atoms with E-state index in [-0.39, 0.29) is 5.97 Å². The van der Waals surface area contributed by atoms with E-state index in [9.17, 15) is 4.79 Å². The first-order chi connectivity index (χ1) is 19.7. The Labute approximate surface area is 254 Å². The van der Waals surface area contributed by atoms with E-state index in [0.717, 1.165) is 18.8 Å². The molecule has 0 aromatic rings. The van der Waals surface area contributed by atoms with E-state index in [4.69, 9.17) is 4.74 Å². The van der Waals surface area contributed by atoms with E-state index in [0.29, 0.717) is 13.0 Å². The molecule has 0 aliphatic rings. The average molecular weight is 565 g/mol. The lowest BCUT2D eigenvalue weighted by Crippen LogP contribution is -2.05. The molecular formula is C38H76O2. The molecule has 1 atom stereocenters. The highest BCUT2D eigenvalue weighted by molar-refractivity contribution is 5.69. The topological polar surface area (TPSA) is 26.3 Å². The summed E-state index contributed by atoms with van der Waals surface area (Å²) in [6.45, 7) is 7.61. The molecule has 0 aliphatic carbocycles. The molecule has 0 heterocycles. The number of hydrogen-bond donors (Lipinski definition) is 0. The highest BCUT2D eigenvalue weighted by Gasteiger charge is 2.03. The van der Waals surface area contributed by atoms with Crippen molar-refractivity contribution in [2.45, 2.75) is 226 Å². The number of carbonyl (C=O) groups is 1. The van der Waals surface area contributed by atoms with Gasteiger partial charge < -0.3 is 4.74 Å². The van der Waals surface area contributed by atoms with Gasteiger partial charge in [0.15, 0.2) is 0 Å². The summed E-state index contributed by atoms with van der Waals surface area (Å²) in [7, 11) is 0. The van der Waals surface area contributed by atoms with Crippen LogP contribution < -0.4 is 0 Å². The summed E-state index contributed by atoms with van der Waals surface area (Å²) in [4.78, 5) is 11.9. The second kappa shape index (κ2) is 34.7. The Bertz CT molecular complexity index is 474. The van der Waals surface area contributed by atoms with Gasteiger partial charge in [-0.15, -0.1) is 0 Å². The van der Waals surface area contributed by atoms with Crippen LogP contribution in [0.25, 0.3) is 0 Å². The van der Waals surface area contributed by atoms with E-state index >= 15 is 0 Å². The molecule has 1 unspecified atom stereocenters. The number of rotatable bonds is 34. The molecule has 0 aromatic carbocycles. The van der Waals surface area contributed by atoms with E-state index in [1.165, 1.54) is 186 Å². The van der Waals surface area contributed by atoms with E-state index in [2.05, 4.69) is 20.8 Å². The zero-order valence-corrected chi connectivity index (χ0v) is 28.2. The minimum atomic E-state index is 0.0245. The second-order valence-electron chi connectivity index (χ2n) is 13.2. The predicted octanol–water partition coefficient (Wildman–Crippen LogP) is 13.7. The third kappa shape index (κ3) is 33.7. The monoisotopic (exact) mass is 565 g/mol. The largest absolute Gasteiger partial charge is 0.466 e. The lowest BCUT2D eigenvalue weighted by Gasteiger charge is -2.07. The first kappa shape index (κ1) is 39.5. The third-order valence-electron chi connectivity index (χ3n) is 9.04. The van der Waals surface area contributed by atoms with Gasteiger partial charge in [-0.2, -0.15) is 0 Å². The Morgan fingerprint density at radius 3 is 1.15 bits per heavy atom. The molecule has 0 aliphatic heterocycles. The van der Waals surface area contributed by atoms with Crippen LogP contribution >= 0.6 is 0 Å². The van der Waals surface area contributed by atoms with Crippen LogP contribution in [0.15, 0.2) is 0 Å². The van der Waals surface area contributed by atoms with Crippen molar-refractivity contribution in [3.63, 3.8) is 0 Å². The fourth-order valence-corrected chi connectivity index (χ4v) is 5.82. The Morgan fingerprint density at radius 1 is 0.450 bits per heavy atom. The van der Waals surface area contributed by atoms with Gasteiger partial charge in [-0.1, -0.05) is 207 Å². The van der Waals surface area contributed by atoms with Crippen molar-refractivity contribution in [3.05, 3.63) is 0 Å². The molecule has 0 radical (unpaired) electrons. The number of hydrogen-bond acceptors (Lipinski definition) is 2. The number of esters is 1. The van der Waals surface area contributed by atoms with Crippen molar-refractivity contribution < 1.29 is 9.53 Å². The Kier molecular flexibility index (Phi) is 34.2. The second-order valence-corrected chi connectivity index (χ2v) is 13.2. The number of unbranched alkanes of at least 4 members (excludes halogenated alkanes) is 27. The van der Waals surface area contributed by atoms with Gasteiger partial charge in [0.05, 0.1) is 6.61 Å². The SMILES string of the molecule is CCCCCCCCCCCC(=O)OCCCCCCCCCCCCCCCCCCCCCCC(C)CC. The summed E-state index contributed by atoms with van der Waals surface area (Å²) < 4.78 is 5.42. The van der Waals surface area contributed by atoms with Crippen LogP contribution in [0.4, 0.5) is 0 Å². The maximum atomic E-state index is 11.9.